The van der Waals surface area contributed by atoms with Crippen molar-refractivity contribution >= 4 is 66.0 Å². The van der Waals surface area contributed by atoms with Crippen molar-refractivity contribution in [3.63, 3.8) is 0 Å². The van der Waals surface area contributed by atoms with E-state index in [1.165, 1.54) is 13.0 Å². The first-order valence-electron chi connectivity index (χ1n) is 21.4. The van der Waals surface area contributed by atoms with Crippen LogP contribution in [-0.2, 0) is 47.9 Å². The number of carbonyl (C=O) groups is 10. The number of amides is 10. The number of rotatable bonds is 25. The molecule has 0 aromatic carbocycles. The Morgan fingerprint density at radius 2 is 1.31 bits per heavy atom. The molecule has 68 heavy (non-hydrogen) atoms. The number of nitrogens with two attached hydrogens (primary N) is 3. The van der Waals surface area contributed by atoms with Gasteiger partial charge in [0.25, 0.3) is 0 Å². The standard InChI is InChI=1S/C38H66N14O16/c1-20(57)28-36(65)42-12-4-3-8-23(31(60)46-26(11-7-15-52(68)19-56)34(63)49-29(21(2)58)37(66)50-28)45-32(61)25(10-6-14-51(67)18-55)47-35(64)27(17-54)48-33(62)24(9-5-13-43-38(40)41)44-30(59)22(39)16-53/h5,13,18-29,53-54,57-58,67-68H,3-4,6-12,14-17,39H2,1-2H3,(H,42,65)(H,44,59)(H,45,61)(H,46,60)(H,47,64)(H,48,62)(H,49,63)(H,50,66)(H4,40,41,43)/t20-,21-,22-,23+,24+,25+,26+,27-,28+,29+/m1/s1. The number of nitrogens with zero attached hydrogens (tertiary/aromatic N) is 3. The Hall–Kier alpha value is -6.57. The smallest absolute Gasteiger partial charge is 0.245 e. The highest BCUT2D eigenvalue weighted by Gasteiger charge is 2.36. The molecule has 1 heterocycles. The van der Waals surface area contributed by atoms with E-state index in [0.717, 1.165) is 13.1 Å². The molecule has 0 unspecified atom stereocenters. The molecule has 20 N–H and O–H groups in total. The van der Waals surface area contributed by atoms with Crippen molar-refractivity contribution in [2.24, 2.45) is 22.2 Å². The molecule has 1 fully saturated rings. The molecular weight excluding hydrogens is 908 g/mol. The van der Waals surface area contributed by atoms with Gasteiger partial charge in [-0.2, -0.15) is 0 Å². The van der Waals surface area contributed by atoms with Crippen molar-refractivity contribution in [1.29, 1.82) is 0 Å². The molecule has 0 aromatic heterocycles. The van der Waals surface area contributed by atoms with E-state index in [2.05, 4.69) is 47.5 Å². The van der Waals surface area contributed by atoms with Crippen molar-refractivity contribution in [2.45, 2.75) is 126 Å². The van der Waals surface area contributed by atoms with Crippen LogP contribution in [0.25, 0.3) is 0 Å². The summed E-state index contributed by atoms with van der Waals surface area (Å²) in [5.41, 5.74) is 16.1. The Labute approximate surface area is 390 Å². The summed E-state index contributed by atoms with van der Waals surface area (Å²) in [5, 5.41) is 79.0. The Morgan fingerprint density at radius 1 is 0.750 bits per heavy atom. The van der Waals surface area contributed by atoms with Gasteiger partial charge in [-0.3, -0.25) is 58.4 Å². The van der Waals surface area contributed by atoms with E-state index < -0.39 is 121 Å². The minimum Gasteiger partial charge on any atom is -0.394 e. The van der Waals surface area contributed by atoms with Crippen LogP contribution in [-0.4, -0.2) is 200 Å². The van der Waals surface area contributed by atoms with Gasteiger partial charge < -0.3 is 80.2 Å². The maximum absolute atomic E-state index is 14.1. The van der Waals surface area contributed by atoms with Crippen LogP contribution < -0.4 is 59.7 Å². The summed E-state index contributed by atoms with van der Waals surface area (Å²) >= 11 is 0. The van der Waals surface area contributed by atoms with Crippen LogP contribution in [0.1, 0.15) is 65.2 Å². The summed E-state index contributed by atoms with van der Waals surface area (Å²) in [5.74, 6) is -8.62. The van der Waals surface area contributed by atoms with Crippen LogP contribution in [0.5, 0.6) is 0 Å². The third-order valence-electron chi connectivity index (χ3n) is 9.93. The zero-order valence-corrected chi connectivity index (χ0v) is 37.6. The number of hydroxylamine groups is 4. The maximum atomic E-state index is 14.1. The number of carbonyl (C=O) groups excluding carboxylic acids is 10. The quantitative estimate of drug-likeness (QED) is 0.0133. The number of aliphatic hydroxyl groups excluding tert-OH is 4. The average molecular weight is 975 g/mol. The van der Waals surface area contributed by atoms with E-state index in [1.807, 2.05) is 0 Å². The summed E-state index contributed by atoms with van der Waals surface area (Å²) in [6.07, 6.45) is -1.77. The highest BCUT2D eigenvalue weighted by Crippen LogP contribution is 2.10. The Bertz CT molecular complexity index is 1770. The highest BCUT2D eigenvalue weighted by molar-refractivity contribution is 5.98. The van der Waals surface area contributed by atoms with Crippen LogP contribution in [0.2, 0.25) is 0 Å². The van der Waals surface area contributed by atoms with Crippen LogP contribution in [0.4, 0.5) is 0 Å². The van der Waals surface area contributed by atoms with Crippen molar-refractivity contribution in [3.05, 3.63) is 12.3 Å². The first kappa shape index (κ1) is 59.4. The van der Waals surface area contributed by atoms with Crippen molar-refractivity contribution in [3.8, 4) is 0 Å². The fourth-order valence-corrected chi connectivity index (χ4v) is 6.14. The molecule has 0 aromatic rings. The van der Waals surface area contributed by atoms with Gasteiger partial charge >= 0.3 is 0 Å². The molecule has 1 saturated heterocycles. The first-order valence-corrected chi connectivity index (χ1v) is 21.4. The van der Waals surface area contributed by atoms with Crippen LogP contribution in [0, 0.1) is 0 Å². The van der Waals surface area contributed by atoms with Gasteiger partial charge in [-0.15, -0.1) is 0 Å². The summed E-state index contributed by atoms with van der Waals surface area (Å²) in [4.78, 5) is 133. The van der Waals surface area contributed by atoms with Crippen molar-refractivity contribution < 1.29 is 78.8 Å². The monoisotopic (exact) mass is 974 g/mol. The molecule has 0 radical (unpaired) electrons. The summed E-state index contributed by atoms with van der Waals surface area (Å²) in [7, 11) is 0. The second-order valence-electron chi connectivity index (χ2n) is 15.5. The van der Waals surface area contributed by atoms with Crippen LogP contribution in [0.3, 0.4) is 0 Å². The molecule has 1 rings (SSSR count). The summed E-state index contributed by atoms with van der Waals surface area (Å²) in [6, 6.07) is -12.8. The third kappa shape index (κ3) is 21.8. The number of aliphatic hydroxyl groups is 4. The van der Waals surface area contributed by atoms with Gasteiger partial charge in [0.15, 0.2) is 5.96 Å². The van der Waals surface area contributed by atoms with Gasteiger partial charge in [-0.1, -0.05) is 6.08 Å². The molecule has 1 aliphatic heterocycles. The zero-order valence-electron chi connectivity index (χ0n) is 37.6. The van der Waals surface area contributed by atoms with Crippen molar-refractivity contribution in [1.82, 2.24) is 52.7 Å². The molecule has 384 valence electrons. The second kappa shape index (κ2) is 31.4. The predicted octanol–water partition coefficient (Wildman–Crippen LogP) is -8.81. The first-order chi connectivity index (χ1) is 32.1. The van der Waals surface area contributed by atoms with Crippen LogP contribution >= 0.6 is 0 Å². The molecule has 0 bridgehead atoms. The largest absolute Gasteiger partial charge is 0.394 e. The summed E-state index contributed by atoms with van der Waals surface area (Å²) < 4.78 is 0. The predicted molar refractivity (Wildman–Crippen MR) is 233 cm³/mol. The lowest BCUT2D eigenvalue weighted by Crippen LogP contribution is -2.62. The number of nitrogens with one attached hydrogen (secondary N) is 8. The Kier molecular flexibility index (Phi) is 27.5. The van der Waals surface area contributed by atoms with E-state index in [9.17, 15) is 78.8 Å². The van der Waals surface area contributed by atoms with Gasteiger partial charge in [-0.25, -0.2) is 15.1 Å². The summed E-state index contributed by atoms with van der Waals surface area (Å²) in [6.45, 7) is -0.284. The van der Waals surface area contributed by atoms with E-state index in [0.29, 0.717) is 0 Å². The lowest BCUT2D eigenvalue weighted by molar-refractivity contribution is -0.150. The van der Waals surface area contributed by atoms with Gasteiger partial charge in [0.2, 0.25) is 60.1 Å². The molecule has 0 spiro atoms. The lowest BCUT2D eigenvalue weighted by Gasteiger charge is -2.29. The molecule has 10 atom stereocenters. The Morgan fingerprint density at radius 3 is 1.88 bits per heavy atom. The second-order valence-corrected chi connectivity index (χ2v) is 15.5. The zero-order chi connectivity index (χ0) is 51.5. The minimum atomic E-state index is -1.81. The van der Waals surface area contributed by atoms with E-state index in [1.54, 1.807) is 0 Å². The molecule has 0 saturated carbocycles. The van der Waals surface area contributed by atoms with E-state index >= 15 is 0 Å². The number of hydrogen-bond donors (Lipinski definition) is 17. The molecule has 1 aliphatic rings. The molecule has 30 heteroatoms. The normalized spacial score (nSPS) is 21.1. The number of aliphatic imine (C=N–C) groups is 1. The fourth-order valence-electron chi connectivity index (χ4n) is 6.14. The van der Waals surface area contributed by atoms with E-state index in [4.69, 9.17) is 17.2 Å². The fraction of sp³-hybridized carbons (Fsp3) is 0.658. The van der Waals surface area contributed by atoms with Gasteiger partial charge in [0.1, 0.15) is 48.3 Å². The minimum absolute atomic E-state index is 0.0651. The SMILES string of the molecule is C[C@@H](O)[C@@H]1NC(=O)[C@H](CCCN(O)C=O)NC(=O)[C@@H](NC(=O)[C@H](CCCN(O)C=O)NC(=O)[C@@H](CO)NC(=O)[C@H](CC=CN=C(N)N)NC(=O)[C@H](N)CO)CCCCNC(=O)[C@H]([C@@H](C)O)NC1=O. The van der Waals surface area contributed by atoms with Gasteiger partial charge in [-0.05, 0) is 65.2 Å². The molecular formula is C38H66N14O16. The number of guanidine groups is 1. The number of hydrogen-bond acceptors (Lipinski definition) is 18. The third-order valence-corrected chi connectivity index (χ3v) is 9.93. The van der Waals surface area contributed by atoms with Crippen LogP contribution in [0.15, 0.2) is 17.3 Å². The highest BCUT2D eigenvalue weighted by atomic mass is 16.5. The maximum Gasteiger partial charge on any atom is 0.245 e. The average Bonchev–Trinajstić information content (AvgIpc) is 3.29. The lowest BCUT2D eigenvalue weighted by atomic mass is 10.0. The molecule has 30 nitrogen and oxygen atoms in total. The van der Waals surface area contributed by atoms with Gasteiger partial charge in [0, 0.05) is 25.8 Å². The van der Waals surface area contributed by atoms with E-state index in [-0.39, 0.29) is 99.9 Å². The molecule has 0 aliphatic carbocycles. The van der Waals surface area contributed by atoms with Crippen molar-refractivity contribution in [2.75, 3.05) is 32.8 Å². The Balaban J connectivity index is 3.61. The topological polar surface area (TPSA) is 485 Å². The van der Waals surface area contributed by atoms with Gasteiger partial charge in [0.05, 0.1) is 25.4 Å². The molecule has 10 amide bonds.